The summed E-state index contributed by atoms with van der Waals surface area (Å²) in [5, 5.41) is 3.29. The van der Waals surface area contributed by atoms with Crippen LogP contribution in [0.3, 0.4) is 0 Å². The normalized spacial score (nSPS) is 10.4. The molecule has 0 aliphatic carbocycles. The first kappa shape index (κ1) is 15.7. The van der Waals surface area contributed by atoms with Crippen molar-refractivity contribution in [1.29, 1.82) is 0 Å². The molecule has 7 heteroatoms. The summed E-state index contributed by atoms with van der Waals surface area (Å²) < 4.78 is 15.5. The summed E-state index contributed by atoms with van der Waals surface area (Å²) in [4.78, 5) is 26.4. The van der Waals surface area contributed by atoms with Crippen LogP contribution in [0.15, 0.2) is 12.1 Å². The van der Waals surface area contributed by atoms with E-state index in [2.05, 4.69) is 10.3 Å². The van der Waals surface area contributed by atoms with Gasteiger partial charge in [-0.05, 0) is 13.0 Å². The Morgan fingerprint density at radius 2 is 1.82 bits per heavy atom. The third-order valence-electron chi connectivity index (χ3n) is 3.08. The number of aromatic nitrogens is 1. The molecule has 0 radical (unpaired) electrons. The molecule has 0 saturated heterocycles. The Labute approximate surface area is 127 Å². The van der Waals surface area contributed by atoms with Crippen LogP contribution in [0.1, 0.15) is 24.3 Å². The number of rotatable bonds is 5. The van der Waals surface area contributed by atoms with Crippen LogP contribution in [0, 0.1) is 0 Å². The Morgan fingerprint density at radius 3 is 2.36 bits per heavy atom. The van der Waals surface area contributed by atoms with Crippen molar-refractivity contribution in [3.8, 4) is 11.5 Å². The highest BCUT2D eigenvalue weighted by molar-refractivity contribution is 6.11. The van der Waals surface area contributed by atoms with Crippen molar-refractivity contribution in [2.24, 2.45) is 0 Å². The van der Waals surface area contributed by atoms with Gasteiger partial charge in [0.15, 0.2) is 11.5 Å². The monoisotopic (exact) mass is 306 g/mol. The number of fused-ring (bicyclic) bond motifs is 1. The second-order valence-electron chi connectivity index (χ2n) is 4.53. The average molecular weight is 306 g/mol. The molecule has 0 saturated carbocycles. The Bertz CT molecular complexity index is 720. The van der Waals surface area contributed by atoms with Crippen molar-refractivity contribution in [2.45, 2.75) is 13.8 Å². The molecule has 1 aromatic heterocycles. The molecule has 0 aliphatic heterocycles. The summed E-state index contributed by atoms with van der Waals surface area (Å²) in [5.41, 5.74) is 1.17. The second kappa shape index (κ2) is 6.38. The molecule has 118 valence electrons. The number of carbonyl (C=O) groups is 2. The Hall–Kier alpha value is -2.70. The van der Waals surface area contributed by atoms with E-state index in [9.17, 15) is 9.59 Å². The number of benzene rings is 1. The SMILES string of the molecule is CCOC(=O)c1[nH]c2cc(OC)c(OC)cc2c1NC(C)=O. The molecule has 1 aromatic carbocycles. The van der Waals surface area contributed by atoms with Crippen LogP contribution in [0.2, 0.25) is 0 Å². The fraction of sp³-hybridized carbons (Fsp3) is 0.333. The first-order valence-electron chi connectivity index (χ1n) is 6.74. The van der Waals surface area contributed by atoms with Gasteiger partial charge in [0.25, 0.3) is 0 Å². The first-order valence-corrected chi connectivity index (χ1v) is 6.74. The van der Waals surface area contributed by atoms with E-state index in [1.54, 1.807) is 19.1 Å². The van der Waals surface area contributed by atoms with E-state index in [4.69, 9.17) is 14.2 Å². The standard InChI is InChI=1S/C15H18N2O5/c1-5-22-15(19)14-13(16-8(2)18)9-6-11(20-3)12(21-4)7-10(9)17-14/h6-7,17H,5H2,1-4H3,(H,16,18). The highest BCUT2D eigenvalue weighted by atomic mass is 16.5. The number of methoxy groups -OCH3 is 2. The van der Waals surface area contributed by atoms with Gasteiger partial charge in [-0.15, -0.1) is 0 Å². The number of hydrogen-bond acceptors (Lipinski definition) is 5. The predicted octanol–water partition coefficient (Wildman–Crippen LogP) is 2.32. The average Bonchev–Trinajstić information content (AvgIpc) is 2.83. The molecule has 0 unspecified atom stereocenters. The van der Waals surface area contributed by atoms with Crippen LogP contribution in [-0.2, 0) is 9.53 Å². The molecule has 22 heavy (non-hydrogen) atoms. The molecule has 0 aliphatic rings. The lowest BCUT2D eigenvalue weighted by atomic mass is 10.2. The molecule has 2 aromatic rings. The highest BCUT2D eigenvalue weighted by Gasteiger charge is 2.21. The number of nitrogens with one attached hydrogen (secondary N) is 2. The van der Waals surface area contributed by atoms with Crippen molar-refractivity contribution in [3.63, 3.8) is 0 Å². The number of H-pyrrole nitrogens is 1. The van der Waals surface area contributed by atoms with Crippen LogP contribution in [0.4, 0.5) is 5.69 Å². The third kappa shape index (κ3) is 2.83. The van der Waals surface area contributed by atoms with Gasteiger partial charge < -0.3 is 24.5 Å². The third-order valence-corrected chi connectivity index (χ3v) is 3.08. The fourth-order valence-electron chi connectivity index (χ4n) is 2.18. The maximum absolute atomic E-state index is 12.1. The van der Waals surface area contributed by atoms with Crippen molar-refractivity contribution in [2.75, 3.05) is 26.1 Å². The van der Waals surface area contributed by atoms with Gasteiger partial charge in [-0.3, -0.25) is 4.79 Å². The van der Waals surface area contributed by atoms with Gasteiger partial charge in [-0.1, -0.05) is 0 Å². The minimum absolute atomic E-state index is 0.183. The topological polar surface area (TPSA) is 89.7 Å². The molecule has 2 N–H and O–H groups in total. The second-order valence-corrected chi connectivity index (χ2v) is 4.53. The quantitative estimate of drug-likeness (QED) is 0.827. The predicted molar refractivity (Wildman–Crippen MR) is 81.7 cm³/mol. The van der Waals surface area contributed by atoms with E-state index in [1.807, 2.05) is 0 Å². The van der Waals surface area contributed by atoms with Crippen molar-refractivity contribution in [1.82, 2.24) is 4.98 Å². The number of ether oxygens (including phenoxy) is 3. The zero-order valence-electron chi connectivity index (χ0n) is 12.9. The summed E-state index contributed by atoms with van der Waals surface area (Å²) in [7, 11) is 3.04. The van der Waals surface area contributed by atoms with E-state index in [-0.39, 0.29) is 18.2 Å². The van der Waals surface area contributed by atoms with Gasteiger partial charge >= 0.3 is 5.97 Å². The van der Waals surface area contributed by atoms with Crippen molar-refractivity contribution in [3.05, 3.63) is 17.8 Å². The number of aromatic amines is 1. The lowest BCUT2D eigenvalue weighted by Crippen LogP contribution is -2.12. The molecule has 2 rings (SSSR count). The summed E-state index contributed by atoms with van der Waals surface area (Å²) in [6.07, 6.45) is 0. The number of hydrogen-bond donors (Lipinski definition) is 2. The molecular weight excluding hydrogens is 288 g/mol. The number of esters is 1. The summed E-state index contributed by atoms with van der Waals surface area (Å²) >= 11 is 0. The summed E-state index contributed by atoms with van der Waals surface area (Å²) in [5.74, 6) is 0.179. The lowest BCUT2D eigenvalue weighted by molar-refractivity contribution is -0.114. The van der Waals surface area contributed by atoms with Gasteiger partial charge in [0.1, 0.15) is 5.69 Å². The molecule has 0 atom stereocenters. The molecular formula is C15H18N2O5. The molecule has 1 amide bonds. The Kier molecular flexibility index (Phi) is 4.55. The van der Waals surface area contributed by atoms with Gasteiger partial charge in [0.2, 0.25) is 5.91 Å². The van der Waals surface area contributed by atoms with E-state index < -0.39 is 5.97 Å². The molecule has 1 heterocycles. The molecule has 0 bridgehead atoms. The largest absolute Gasteiger partial charge is 0.493 e. The molecule has 7 nitrogen and oxygen atoms in total. The zero-order chi connectivity index (χ0) is 16.3. The number of carbonyl (C=O) groups excluding carboxylic acids is 2. The smallest absolute Gasteiger partial charge is 0.356 e. The number of anilines is 1. The van der Waals surface area contributed by atoms with Crippen molar-refractivity contribution >= 4 is 28.5 Å². The van der Waals surface area contributed by atoms with Crippen LogP contribution < -0.4 is 14.8 Å². The first-order chi connectivity index (χ1) is 10.5. The van der Waals surface area contributed by atoms with Gasteiger partial charge in [-0.25, -0.2) is 4.79 Å². The zero-order valence-corrected chi connectivity index (χ0v) is 12.9. The Balaban J connectivity index is 2.68. The summed E-state index contributed by atoms with van der Waals surface area (Å²) in [6.45, 7) is 3.32. The van der Waals surface area contributed by atoms with Crippen LogP contribution in [0.5, 0.6) is 11.5 Å². The van der Waals surface area contributed by atoms with Crippen LogP contribution in [-0.4, -0.2) is 37.7 Å². The fourth-order valence-corrected chi connectivity index (χ4v) is 2.18. The van der Waals surface area contributed by atoms with E-state index in [1.165, 1.54) is 21.1 Å². The molecule has 0 spiro atoms. The summed E-state index contributed by atoms with van der Waals surface area (Å²) in [6, 6.07) is 3.39. The van der Waals surface area contributed by atoms with Crippen LogP contribution >= 0.6 is 0 Å². The minimum atomic E-state index is -0.541. The van der Waals surface area contributed by atoms with E-state index in [0.717, 1.165) is 0 Å². The van der Waals surface area contributed by atoms with Gasteiger partial charge in [-0.2, -0.15) is 0 Å². The highest BCUT2D eigenvalue weighted by Crippen LogP contribution is 2.37. The van der Waals surface area contributed by atoms with E-state index in [0.29, 0.717) is 28.1 Å². The molecule has 0 fully saturated rings. The van der Waals surface area contributed by atoms with Crippen molar-refractivity contribution < 1.29 is 23.8 Å². The lowest BCUT2D eigenvalue weighted by Gasteiger charge is -2.08. The van der Waals surface area contributed by atoms with Crippen LogP contribution in [0.25, 0.3) is 10.9 Å². The van der Waals surface area contributed by atoms with Gasteiger partial charge in [0, 0.05) is 18.4 Å². The Morgan fingerprint density at radius 1 is 1.18 bits per heavy atom. The number of amides is 1. The maximum atomic E-state index is 12.1. The van der Waals surface area contributed by atoms with Gasteiger partial charge in [0.05, 0.1) is 32.0 Å². The minimum Gasteiger partial charge on any atom is -0.493 e. The maximum Gasteiger partial charge on any atom is 0.356 e. The van der Waals surface area contributed by atoms with E-state index >= 15 is 0 Å².